The molecule has 2 heteroatoms. The maximum absolute atomic E-state index is 5.03. The molecule has 14 heavy (non-hydrogen) atoms. The van der Waals surface area contributed by atoms with Crippen LogP contribution in [0.4, 0.5) is 0 Å². The maximum Gasteiger partial charge on any atom is 0.0587 e. The molecule has 0 radical (unpaired) electrons. The number of nitrogens with one attached hydrogen (secondary N) is 1. The standard InChI is InChI=1S/C12H25NO/c1-10(2)11-4-6-12(7-5-11)13-8-9-14-3/h10-13H,4-9H2,1-3H3. The third-order valence-electron chi connectivity index (χ3n) is 3.45. The Morgan fingerprint density at radius 2 is 1.86 bits per heavy atom. The van der Waals surface area contributed by atoms with E-state index in [1.807, 2.05) is 0 Å². The highest BCUT2D eigenvalue weighted by Crippen LogP contribution is 2.29. The number of rotatable bonds is 5. The molecular weight excluding hydrogens is 174 g/mol. The van der Waals surface area contributed by atoms with Gasteiger partial charge in [-0.3, -0.25) is 0 Å². The number of ether oxygens (including phenoxy) is 1. The number of hydrogen-bond acceptors (Lipinski definition) is 2. The molecule has 0 aromatic carbocycles. The van der Waals surface area contributed by atoms with Crippen molar-refractivity contribution >= 4 is 0 Å². The van der Waals surface area contributed by atoms with E-state index in [0.717, 1.165) is 31.0 Å². The van der Waals surface area contributed by atoms with Crippen molar-refractivity contribution in [1.82, 2.24) is 5.32 Å². The summed E-state index contributed by atoms with van der Waals surface area (Å²) >= 11 is 0. The normalized spacial score (nSPS) is 28.3. The lowest BCUT2D eigenvalue weighted by molar-refractivity contribution is 0.183. The average Bonchev–Trinajstić information content (AvgIpc) is 2.19. The Kier molecular flexibility index (Phi) is 5.49. The first-order valence-corrected chi connectivity index (χ1v) is 5.96. The zero-order valence-electron chi connectivity index (χ0n) is 9.88. The lowest BCUT2D eigenvalue weighted by Crippen LogP contribution is -2.35. The van der Waals surface area contributed by atoms with E-state index >= 15 is 0 Å². The minimum atomic E-state index is 0.750. The Hall–Kier alpha value is -0.0800. The summed E-state index contributed by atoms with van der Waals surface area (Å²) in [4.78, 5) is 0. The van der Waals surface area contributed by atoms with E-state index < -0.39 is 0 Å². The van der Waals surface area contributed by atoms with Gasteiger partial charge < -0.3 is 10.1 Å². The Balaban J connectivity index is 2.09. The van der Waals surface area contributed by atoms with E-state index in [9.17, 15) is 0 Å². The van der Waals surface area contributed by atoms with E-state index in [1.165, 1.54) is 25.7 Å². The second-order valence-corrected chi connectivity index (χ2v) is 4.80. The SMILES string of the molecule is COCCNC1CCC(C(C)C)CC1. The fraction of sp³-hybridized carbons (Fsp3) is 1.00. The number of hydrogen-bond donors (Lipinski definition) is 1. The first-order chi connectivity index (χ1) is 6.74. The van der Waals surface area contributed by atoms with Gasteiger partial charge in [-0.05, 0) is 37.5 Å². The summed E-state index contributed by atoms with van der Waals surface area (Å²) in [5.41, 5.74) is 0. The molecule has 1 fully saturated rings. The molecule has 0 bridgehead atoms. The van der Waals surface area contributed by atoms with Crippen molar-refractivity contribution in [2.75, 3.05) is 20.3 Å². The number of methoxy groups -OCH3 is 1. The third kappa shape index (κ3) is 3.97. The average molecular weight is 199 g/mol. The maximum atomic E-state index is 5.03. The van der Waals surface area contributed by atoms with Gasteiger partial charge in [0.2, 0.25) is 0 Å². The Morgan fingerprint density at radius 3 is 2.36 bits per heavy atom. The summed E-state index contributed by atoms with van der Waals surface area (Å²) in [6.07, 6.45) is 5.52. The zero-order chi connectivity index (χ0) is 10.4. The summed E-state index contributed by atoms with van der Waals surface area (Å²) in [6, 6.07) is 0.750. The van der Waals surface area contributed by atoms with Crippen molar-refractivity contribution in [2.45, 2.75) is 45.6 Å². The third-order valence-corrected chi connectivity index (χ3v) is 3.45. The molecule has 1 aliphatic carbocycles. The van der Waals surface area contributed by atoms with Gasteiger partial charge in [-0.25, -0.2) is 0 Å². The predicted molar refractivity (Wildman–Crippen MR) is 60.5 cm³/mol. The highest BCUT2D eigenvalue weighted by molar-refractivity contribution is 4.78. The molecule has 0 amide bonds. The van der Waals surface area contributed by atoms with Gasteiger partial charge in [-0.2, -0.15) is 0 Å². The first kappa shape index (κ1) is 12.0. The van der Waals surface area contributed by atoms with Crippen LogP contribution >= 0.6 is 0 Å². The largest absolute Gasteiger partial charge is 0.383 e. The second kappa shape index (κ2) is 6.41. The van der Waals surface area contributed by atoms with Gasteiger partial charge in [-0.1, -0.05) is 13.8 Å². The molecule has 0 unspecified atom stereocenters. The molecule has 0 spiro atoms. The molecule has 0 aromatic rings. The van der Waals surface area contributed by atoms with Crippen LogP contribution in [0.25, 0.3) is 0 Å². The van der Waals surface area contributed by atoms with Crippen LogP contribution in [0, 0.1) is 11.8 Å². The van der Waals surface area contributed by atoms with Crippen molar-refractivity contribution in [3.8, 4) is 0 Å². The van der Waals surface area contributed by atoms with Crippen LogP contribution in [-0.4, -0.2) is 26.3 Å². The molecule has 0 aromatic heterocycles. The molecule has 0 atom stereocenters. The van der Waals surface area contributed by atoms with Gasteiger partial charge in [0, 0.05) is 19.7 Å². The first-order valence-electron chi connectivity index (χ1n) is 5.96. The van der Waals surface area contributed by atoms with E-state index in [-0.39, 0.29) is 0 Å². The van der Waals surface area contributed by atoms with Crippen LogP contribution < -0.4 is 5.32 Å². The van der Waals surface area contributed by atoms with E-state index in [4.69, 9.17) is 4.74 Å². The van der Waals surface area contributed by atoms with Crippen LogP contribution in [0.3, 0.4) is 0 Å². The van der Waals surface area contributed by atoms with E-state index in [0.29, 0.717) is 0 Å². The van der Waals surface area contributed by atoms with E-state index in [2.05, 4.69) is 19.2 Å². The summed E-state index contributed by atoms with van der Waals surface area (Å²) in [5, 5.41) is 3.56. The predicted octanol–water partition coefficient (Wildman–Crippen LogP) is 2.44. The molecule has 0 saturated heterocycles. The Labute approximate surface area is 88.4 Å². The Bertz CT molecular complexity index is 139. The quantitative estimate of drug-likeness (QED) is 0.687. The van der Waals surface area contributed by atoms with Crippen LogP contribution in [0.15, 0.2) is 0 Å². The smallest absolute Gasteiger partial charge is 0.0587 e. The van der Waals surface area contributed by atoms with Crippen molar-refractivity contribution in [3.63, 3.8) is 0 Å². The van der Waals surface area contributed by atoms with Crippen molar-refractivity contribution in [1.29, 1.82) is 0 Å². The molecule has 0 heterocycles. The van der Waals surface area contributed by atoms with Crippen LogP contribution in [-0.2, 0) is 4.74 Å². The molecule has 84 valence electrons. The zero-order valence-corrected chi connectivity index (χ0v) is 9.88. The second-order valence-electron chi connectivity index (χ2n) is 4.80. The molecule has 0 aliphatic heterocycles. The van der Waals surface area contributed by atoms with Crippen LogP contribution in [0.2, 0.25) is 0 Å². The van der Waals surface area contributed by atoms with Gasteiger partial charge in [0.25, 0.3) is 0 Å². The van der Waals surface area contributed by atoms with Crippen LogP contribution in [0.1, 0.15) is 39.5 Å². The highest BCUT2D eigenvalue weighted by Gasteiger charge is 2.22. The summed E-state index contributed by atoms with van der Waals surface area (Å²) < 4.78 is 5.03. The fourth-order valence-corrected chi connectivity index (χ4v) is 2.36. The van der Waals surface area contributed by atoms with Gasteiger partial charge in [0.05, 0.1) is 6.61 Å². The topological polar surface area (TPSA) is 21.3 Å². The molecule has 1 rings (SSSR count). The summed E-state index contributed by atoms with van der Waals surface area (Å²) in [6.45, 7) is 6.55. The molecule has 1 N–H and O–H groups in total. The Morgan fingerprint density at radius 1 is 1.21 bits per heavy atom. The lowest BCUT2D eigenvalue weighted by atomic mass is 9.80. The summed E-state index contributed by atoms with van der Waals surface area (Å²) in [5.74, 6) is 1.84. The van der Waals surface area contributed by atoms with Gasteiger partial charge >= 0.3 is 0 Å². The van der Waals surface area contributed by atoms with E-state index in [1.54, 1.807) is 7.11 Å². The molecule has 1 aliphatic rings. The van der Waals surface area contributed by atoms with Crippen LogP contribution in [0.5, 0.6) is 0 Å². The molecular formula is C12H25NO. The van der Waals surface area contributed by atoms with Crippen molar-refractivity contribution < 1.29 is 4.74 Å². The van der Waals surface area contributed by atoms with Gasteiger partial charge in [0.1, 0.15) is 0 Å². The van der Waals surface area contributed by atoms with Crippen molar-refractivity contribution in [2.24, 2.45) is 11.8 Å². The molecule has 2 nitrogen and oxygen atoms in total. The highest BCUT2D eigenvalue weighted by atomic mass is 16.5. The van der Waals surface area contributed by atoms with Crippen molar-refractivity contribution in [3.05, 3.63) is 0 Å². The fourth-order valence-electron chi connectivity index (χ4n) is 2.36. The summed E-state index contributed by atoms with van der Waals surface area (Å²) in [7, 11) is 1.76. The van der Waals surface area contributed by atoms with Gasteiger partial charge in [0.15, 0.2) is 0 Å². The van der Waals surface area contributed by atoms with Gasteiger partial charge in [-0.15, -0.1) is 0 Å². The minimum absolute atomic E-state index is 0.750. The molecule has 1 saturated carbocycles. The minimum Gasteiger partial charge on any atom is -0.383 e. The lowest BCUT2D eigenvalue weighted by Gasteiger charge is -2.31. The monoisotopic (exact) mass is 199 g/mol.